The predicted molar refractivity (Wildman–Crippen MR) is 112 cm³/mol. The molecule has 0 fully saturated rings. The minimum absolute atomic E-state index is 0.0361. The molecular weight excluding hydrogens is 346 g/mol. The van der Waals surface area contributed by atoms with Crippen molar-refractivity contribution in [2.45, 2.75) is 19.3 Å². The fourth-order valence-electron chi connectivity index (χ4n) is 3.76. The van der Waals surface area contributed by atoms with Crippen LogP contribution in [0.4, 0.5) is 0 Å². The van der Waals surface area contributed by atoms with Gasteiger partial charge in [0, 0.05) is 17.5 Å². The lowest BCUT2D eigenvalue weighted by atomic mass is 9.83. The highest BCUT2D eigenvalue weighted by atomic mass is 16.3. The summed E-state index contributed by atoms with van der Waals surface area (Å²) in [4.78, 5) is 16.6. The number of phenols is 1. The van der Waals surface area contributed by atoms with Gasteiger partial charge >= 0.3 is 0 Å². The molecule has 0 saturated carbocycles. The number of phenolic OH excluding ortho intramolecular Hbond substituents is 1. The van der Waals surface area contributed by atoms with Crippen molar-refractivity contribution in [2.24, 2.45) is 0 Å². The highest BCUT2D eigenvalue weighted by molar-refractivity contribution is 6.03. The minimum atomic E-state index is -0.169. The molecule has 0 aliphatic carbocycles. The number of pyridine rings is 1. The Balaban J connectivity index is 1.97. The molecule has 0 aliphatic rings. The van der Waals surface area contributed by atoms with Crippen molar-refractivity contribution in [2.75, 3.05) is 0 Å². The molecule has 0 saturated heterocycles. The van der Waals surface area contributed by atoms with Crippen LogP contribution in [0, 0.1) is 0 Å². The summed E-state index contributed by atoms with van der Waals surface area (Å²) < 4.78 is 0. The summed E-state index contributed by atoms with van der Waals surface area (Å²) in [5.41, 5.74) is 4.16. The molecule has 1 heterocycles. The first-order valence-electron chi connectivity index (χ1n) is 9.35. The fraction of sp³-hybridized carbons (Fsp3) is 0.120. The number of benzene rings is 3. The third-order valence-corrected chi connectivity index (χ3v) is 5.14. The van der Waals surface area contributed by atoms with Crippen LogP contribution in [0.5, 0.6) is 5.75 Å². The van der Waals surface area contributed by atoms with Crippen LogP contribution in [0.2, 0.25) is 0 Å². The molecule has 1 atom stereocenters. The van der Waals surface area contributed by atoms with Crippen molar-refractivity contribution >= 4 is 16.7 Å². The maximum absolute atomic E-state index is 12.2. The molecule has 138 valence electrons. The maximum atomic E-state index is 12.2. The number of fused-ring (bicyclic) bond motifs is 1. The van der Waals surface area contributed by atoms with Crippen LogP contribution in [-0.4, -0.2) is 15.9 Å². The lowest BCUT2D eigenvalue weighted by Crippen LogP contribution is -2.08. The van der Waals surface area contributed by atoms with Crippen molar-refractivity contribution in [3.8, 4) is 5.75 Å². The SMILES string of the molecule is CC(=O)c1cc(C(Cc2ccccc2)c2ccccc2)c2cccnc2c1O. The van der Waals surface area contributed by atoms with E-state index in [1.54, 1.807) is 6.20 Å². The summed E-state index contributed by atoms with van der Waals surface area (Å²) in [7, 11) is 0. The second-order valence-electron chi connectivity index (χ2n) is 6.97. The van der Waals surface area contributed by atoms with Gasteiger partial charge in [0.2, 0.25) is 0 Å². The summed E-state index contributed by atoms with van der Waals surface area (Å²) in [5.74, 6) is -0.176. The number of hydrogen-bond acceptors (Lipinski definition) is 3. The monoisotopic (exact) mass is 367 g/mol. The molecule has 0 spiro atoms. The van der Waals surface area contributed by atoms with Crippen LogP contribution < -0.4 is 0 Å². The highest BCUT2D eigenvalue weighted by Gasteiger charge is 2.22. The third kappa shape index (κ3) is 3.39. The van der Waals surface area contributed by atoms with Gasteiger partial charge in [-0.3, -0.25) is 9.78 Å². The van der Waals surface area contributed by atoms with E-state index < -0.39 is 0 Å². The zero-order valence-corrected chi connectivity index (χ0v) is 15.7. The Morgan fingerprint density at radius 3 is 2.32 bits per heavy atom. The topological polar surface area (TPSA) is 50.2 Å². The second kappa shape index (κ2) is 7.65. The summed E-state index contributed by atoms with van der Waals surface area (Å²) in [6.07, 6.45) is 2.43. The number of hydrogen-bond donors (Lipinski definition) is 1. The van der Waals surface area contributed by atoms with Gasteiger partial charge in [-0.15, -0.1) is 0 Å². The van der Waals surface area contributed by atoms with E-state index in [1.165, 1.54) is 12.5 Å². The molecule has 0 radical (unpaired) electrons. The van der Waals surface area contributed by atoms with Gasteiger partial charge < -0.3 is 5.11 Å². The van der Waals surface area contributed by atoms with E-state index in [2.05, 4.69) is 29.2 Å². The molecule has 0 bridgehead atoms. The van der Waals surface area contributed by atoms with Gasteiger partial charge in [0.15, 0.2) is 11.5 Å². The van der Waals surface area contributed by atoms with Gasteiger partial charge in [-0.1, -0.05) is 66.7 Å². The largest absolute Gasteiger partial charge is 0.505 e. The van der Waals surface area contributed by atoms with E-state index >= 15 is 0 Å². The number of aromatic hydroxyl groups is 1. The summed E-state index contributed by atoms with van der Waals surface area (Å²) >= 11 is 0. The number of rotatable bonds is 5. The molecule has 3 heteroatoms. The number of nitrogens with zero attached hydrogens (tertiary/aromatic N) is 1. The molecule has 1 aromatic heterocycles. The predicted octanol–water partition coefficient (Wildman–Crippen LogP) is 5.52. The Hall–Kier alpha value is -3.46. The number of Topliss-reactive ketones (excluding diaryl/α,β-unsaturated/α-hetero) is 1. The molecular formula is C25H21NO2. The second-order valence-corrected chi connectivity index (χ2v) is 6.97. The van der Waals surface area contributed by atoms with Crippen LogP contribution in [0.25, 0.3) is 10.9 Å². The van der Waals surface area contributed by atoms with Crippen molar-refractivity contribution in [3.05, 3.63) is 107 Å². The standard InChI is InChI=1S/C25H21NO2/c1-17(27)21-16-23(20-13-8-14-26-24(20)25(21)28)22(19-11-6-3-7-12-19)15-18-9-4-2-5-10-18/h2-14,16,22,28H,15H2,1H3. The molecule has 0 aliphatic heterocycles. The Morgan fingerprint density at radius 2 is 1.64 bits per heavy atom. The van der Waals surface area contributed by atoms with Crippen LogP contribution in [0.3, 0.4) is 0 Å². The van der Waals surface area contributed by atoms with Crippen LogP contribution in [0.1, 0.15) is 39.9 Å². The first kappa shape index (κ1) is 17.9. The number of aromatic nitrogens is 1. The van der Waals surface area contributed by atoms with Gasteiger partial charge in [0.1, 0.15) is 5.52 Å². The van der Waals surface area contributed by atoms with E-state index in [0.717, 1.165) is 22.9 Å². The van der Waals surface area contributed by atoms with Crippen molar-refractivity contribution in [3.63, 3.8) is 0 Å². The van der Waals surface area contributed by atoms with Gasteiger partial charge in [0.25, 0.3) is 0 Å². The lowest BCUT2D eigenvalue weighted by molar-refractivity contribution is 0.101. The maximum Gasteiger partial charge on any atom is 0.163 e. The molecule has 1 N–H and O–H groups in total. The van der Waals surface area contributed by atoms with E-state index in [4.69, 9.17) is 0 Å². The molecule has 4 rings (SSSR count). The normalized spacial score (nSPS) is 12.0. The van der Waals surface area contributed by atoms with Crippen molar-refractivity contribution in [1.29, 1.82) is 0 Å². The summed E-state index contributed by atoms with van der Waals surface area (Å²) in [5, 5.41) is 11.5. The average Bonchev–Trinajstić information content (AvgIpc) is 2.74. The molecule has 1 unspecified atom stereocenters. The average molecular weight is 367 g/mol. The zero-order chi connectivity index (χ0) is 19.5. The molecule has 4 aromatic rings. The summed E-state index contributed by atoms with van der Waals surface area (Å²) in [6, 6.07) is 26.2. The summed E-state index contributed by atoms with van der Waals surface area (Å²) in [6.45, 7) is 1.47. The van der Waals surface area contributed by atoms with Gasteiger partial charge in [-0.25, -0.2) is 0 Å². The minimum Gasteiger partial charge on any atom is -0.505 e. The third-order valence-electron chi connectivity index (χ3n) is 5.14. The molecule has 28 heavy (non-hydrogen) atoms. The van der Waals surface area contributed by atoms with Gasteiger partial charge in [-0.05, 0) is 42.2 Å². The number of carbonyl (C=O) groups is 1. The van der Waals surface area contributed by atoms with Gasteiger partial charge in [-0.2, -0.15) is 0 Å². The van der Waals surface area contributed by atoms with Crippen LogP contribution in [0.15, 0.2) is 85.1 Å². The first-order valence-corrected chi connectivity index (χ1v) is 9.35. The Labute approximate surface area is 164 Å². The fourth-order valence-corrected chi connectivity index (χ4v) is 3.76. The number of ketones is 1. The molecule has 3 aromatic carbocycles. The Bertz CT molecular complexity index is 1120. The van der Waals surface area contributed by atoms with Crippen molar-refractivity contribution in [1.82, 2.24) is 4.98 Å². The highest BCUT2D eigenvalue weighted by Crippen LogP contribution is 2.38. The molecule has 3 nitrogen and oxygen atoms in total. The molecule has 0 amide bonds. The lowest BCUT2D eigenvalue weighted by Gasteiger charge is -2.21. The Morgan fingerprint density at radius 1 is 0.964 bits per heavy atom. The first-order chi connectivity index (χ1) is 13.6. The van der Waals surface area contributed by atoms with Crippen LogP contribution in [-0.2, 0) is 6.42 Å². The van der Waals surface area contributed by atoms with E-state index in [-0.39, 0.29) is 17.5 Å². The van der Waals surface area contributed by atoms with Crippen LogP contribution >= 0.6 is 0 Å². The van der Waals surface area contributed by atoms with Crippen molar-refractivity contribution < 1.29 is 9.90 Å². The smallest absolute Gasteiger partial charge is 0.163 e. The Kier molecular flexibility index (Phi) is 4.90. The van der Waals surface area contributed by atoms with E-state index in [0.29, 0.717) is 11.1 Å². The number of carbonyl (C=O) groups excluding carboxylic acids is 1. The van der Waals surface area contributed by atoms with E-state index in [9.17, 15) is 9.90 Å². The van der Waals surface area contributed by atoms with E-state index in [1.807, 2.05) is 54.6 Å². The van der Waals surface area contributed by atoms with Gasteiger partial charge in [0.05, 0.1) is 5.56 Å². The zero-order valence-electron chi connectivity index (χ0n) is 15.7. The quantitative estimate of drug-likeness (QED) is 0.473.